The lowest BCUT2D eigenvalue weighted by Crippen LogP contribution is -2.26. The largest absolute Gasteiger partial charge is 0.399 e. The van der Waals surface area contributed by atoms with Crippen molar-refractivity contribution < 1.29 is 0 Å². The number of hydrogen-bond acceptors (Lipinski definition) is 3. The van der Waals surface area contributed by atoms with Crippen molar-refractivity contribution in [2.45, 2.75) is 33.4 Å². The lowest BCUT2D eigenvalue weighted by molar-refractivity contribution is 0.679. The fraction of sp³-hybridized carbons (Fsp3) is 0.400. The first-order valence-electron chi connectivity index (χ1n) is 6.85. The maximum Gasteiger partial charge on any atom is 0.205 e. The maximum absolute atomic E-state index is 5.84. The van der Waals surface area contributed by atoms with Gasteiger partial charge in [0.05, 0.1) is 0 Å². The van der Waals surface area contributed by atoms with Crippen LogP contribution in [0.1, 0.15) is 25.8 Å². The molecule has 0 aliphatic heterocycles. The molecule has 2 N–H and O–H groups in total. The Hall–Kier alpha value is -1.97. The van der Waals surface area contributed by atoms with E-state index in [1.165, 1.54) is 5.56 Å². The van der Waals surface area contributed by atoms with Crippen LogP contribution in [0.5, 0.6) is 0 Å². The van der Waals surface area contributed by atoms with E-state index in [4.69, 9.17) is 5.73 Å². The molecule has 0 saturated heterocycles. The normalized spacial score (nSPS) is 10.6. The van der Waals surface area contributed by atoms with Crippen LogP contribution in [0, 0.1) is 0 Å². The van der Waals surface area contributed by atoms with Crippen molar-refractivity contribution in [1.82, 2.24) is 9.55 Å². The first-order valence-corrected chi connectivity index (χ1v) is 6.85. The Bertz CT molecular complexity index is 518. The minimum Gasteiger partial charge on any atom is -0.399 e. The predicted molar refractivity (Wildman–Crippen MR) is 80.1 cm³/mol. The fourth-order valence-electron chi connectivity index (χ4n) is 2.26. The number of aryl methyl sites for hydroxylation is 1. The van der Waals surface area contributed by atoms with Crippen molar-refractivity contribution in [3.63, 3.8) is 0 Å². The van der Waals surface area contributed by atoms with Gasteiger partial charge >= 0.3 is 0 Å². The molecule has 0 unspecified atom stereocenters. The summed E-state index contributed by atoms with van der Waals surface area (Å²) in [6.07, 6.45) is 4.98. The van der Waals surface area contributed by atoms with Gasteiger partial charge in [-0.1, -0.05) is 19.1 Å². The van der Waals surface area contributed by atoms with Crippen LogP contribution in [0.2, 0.25) is 0 Å². The number of nitrogens with two attached hydrogens (primary N) is 1. The highest BCUT2D eigenvalue weighted by molar-refractivity contribution is 5.42. The smallest absolute Gasteiger partial charge is 0.205 e. The molecule has 0 radical (unpaired) electrons. The van der Waals surface area contributed by atoms with Crippen LogP contribution in [0.4, 0.5) is 11.6 Å². The molecule has 1 aromatic carbocycles. The monoisotopic (exact) mass is 258 g/mol. The Morgan fingerprint density at radius 3 is 2.84 bits per heavy atom. The van der Waals surface area contributed by atoms with Crippen molar-refractivity contribution >= 4 is 11.6 Å². The minimum absolute atomic E-state index is 0.813. The maximum atomic E-state index is 5.84. The second kappa shape index (κ2) is 6.27. The van der Waals surface area contributed by atoms with Crippen LogP contribution in [-0.4, -0.2) is 16.1 Å². The zero-order chi connectivity index (χ0) is 13.7. The van der Waals surface area contributed by atoms with E-state index in [1.807, 2.05) is 30.6 Å². The van der Waals surface area contributed by atoms with Crippen molar-refractivity contribution in [3.8, 4) is 0 Å². The van der Waals surface area contributed by atoms with E-state index < -0.39 is 0 Å². The number of imidazole rings is 1. The van der Waals surface area contributed by atoms with Crippen LogP contribution in [0.3, 0.4) is 0 Å². The Balaban J connectivity index is 2.21. The van der Waals surface area contributed by atoms with E-state index in [1.54, 1.807) is 0 Å². The molecule has 0 aliphatic carbocycles. The number of aromatic nitrogens is 2. The zero-order valence-electron chi connectivity index (χ0n) is 11.7. The lowest BCUT2D eigenvalue weighted by Gasteiger charge is -2.24. The third-order valence-corrected chi connectivity index (χ3v) is 3.14. The average Bonchev–Trinajstić information content (AvgIpc) is 2.86. The first kappa shape index (κ1) is 13.5. The zero-order valence-corrected chi connectivity index (χ0v) is 11.7. The van der Waals surface area contributed by atoms with E-state index in [2.05, 4.69) is 34.4 Å². The van der Waals surface area contributed by atoms with Crippen molar-refractivity contribution in [2.24, 2.45) is 0 Å². The predicted octanol–water partition coefficient (Wildman–Crippen LogP) is 2.90. The summed E-state index contributed by atoms with van der Waals surface area (Å²) in [4.78, 5) is 6.79. The average molecular weight is 258 g/mol. The van der Waals surface area contributed by atoms with E-state index in [9.17, 15) is 0 Å². The molecule has 0 fully saturated rings. The Kier molecular flexibility index (Phi) is 4.44. The summed E-state index contributed by atoms with van der Waals surface area (Å²) >= 11 is 0. The SMILES string of the molecule is CCCN(Cc1cccc(N)c1)c1nccn1CC. The number of rotatable bonds is 6. The molecule has 2 aromatic rings. The number of nitrogen functional groups attached to an aromatic ring is 1. The fourth-order valence-corrected chi connectivity index (χ4v) is 2.26. The highest BCUT2D eigenvalue weighted by Gasteiger charge is 2.11. The molecular weight excluding hydrogens is 236 g/mol. The lowest BCUT2D eigenvalue weighted by atomic mass is 10.2. The second-order valence-corrected chi connectivity index (χ2v) is 4.68. The summed E-state index contributed by atoms with van der Waals surface area (Å²) in [5.41, 5.74) is 7.88. The summed E-state index contributed by atoms with van der Waals surface area (Å²) in [5, 5.41) is 0. The van der Waals surface area contributed by atoms with Crippen molar-refractivity contribution in [2.75, 3.05) is 17.2 Å². The highest BCUT2D eigenvalue weighted by Crippen LogP contribution is 2.17. The molecule has 2 rings (SSSR count). The number of anilines is 2. The molecule has 0 amide bonds. The topological polar surface area (TPSA) is 47.1 Å². The number of hydrogen-bond donors (Lipinski definition) is 1. The Morgan fingerprint density at radius 2 is 2.16 bits per heavy atom. The van der Waals surface area contributed by atoms with Gasteiger partial charge in [-0.15, -0.1) is 0 Å². The van der Waals surface area contributed by atoms with E-state index in [0.29, 0.717) is 0 Å². The number of benzene rings is 1. The standard InChI is InChI=1S/C15H22N4/c1-3-9-19(15-17-8-10-18(15)4-2)12-13-6-5-7-14(16)11-13/h5-8,10-11H,3-4,9,12,16H2,1-2H3. The first-order chi connectivity index (χ1) is 9.24. The van der Waals surface area contributed by atoms with E-state index in [-0.39, 0.29) is 0 Å². The molecule has 0 bridgehead atoms. The number of nitrogens with zero attached hydrogens (tertiary/aromatic N) is 3. The van der Waals surface area contributed by atoms with Crippen LogP contribution >= 0.6 is 0 Å². The van der Waals surface area contributed by atoms with Gasteiger partial charge in [-0.2, -0.15) is 0 Å². The molecule has 0 atom stereocenters. The van der Waals surface area contributed by atoms with Gasteiger partial charge in [0.15, 0.2) is 0 Å². The molecule has 102 valence electrons. The molecule has 1 heterocycles. The summed E-state index contributed by atoms with van der Waals surface area (Å²) in [6, 6.07) is 8.06. The van der Waals surface area contributed by atoms with E-state index >= 15 is 0 Å². The molecule has 0 spiro atoms. The third-order valence-electron chi connectivity index (χ3n) is 3.14. The Morgan fingerprint density at radius 1 is 1.32 bits per heavy atom. The molecule has 0 saturated carbocycles. The van der Waals surface area contributed by atoms with Crippen LogP contribution in [0.15, 0.2) is 36.7 Å². The minimum atomic E-state index is 0.813. The van der Waals surface area contributed by atoms with Crippen LogP contribution < -0.4 is 10.6 Å². The van der Waals surface area contributed by atoms with Crippen molar-refractivity contribution in [3.05, 3.63) is 42.2 Å². The molecule has 4 heteroatoms. The van der Waals surface area contributed by atoms with Gasteiger partial charge in [0.1, 0.15) is 0 Å². The van der Waals surface area contributed by atoms with Gasteiger partial charge in [-0.05, 0) is 31.0 Å². The van der Waals surface area contributed by atoms with Gasteiger partial charge in [0, 0.05) is 37.7 Å². The summed E-state index contributed by atoms with van der Waals surface area (Å²) < 4.78 is 2.17. The van der Waals surface area contributed by atoms with Crippen LogP contribution in [-0.2, 0) is 13.1 Å². The van der Waals surface area contributed by atoms with Gasteiger partial charge in [0.25, 0.3) is 0 Å². The van der Waals surface area contributed by atoms with Crippen molar-refractivity contribution in [1.29, 1.82) is 0 Å². The summed E-state index contributed by atoms with van der Waals surface area (Å²) in [6.45, 7) is 7.09. The van der Waals surface area contributed by atoms with Gasteiger partial charge in [0.2, 0.25) is 5.95 Å². The quantitative estimate of drug-likeness (QED) is 0.810. The third kappa shape index (κ3) is 3.28. The molecule has 4 nitrogen and oxygen atoms in total. The van der Waals surface area contributed by atoms with Crippen LogP contribution in [0.25, 0.3) is 0 Å². The van der Waals surface area contributed by atoms with Gasteiger partial charge in [-0.3, -0.25) is 0 Å². The molecule has 1 aromatic heterocycles. The Labute approximate surface area is 114 Å². The van der Waals surface area contributed by atoms with Gasteiger partial charge in [-0.25, -0.2) is 4.98 Å². The highest BCUT2D eigenvalue weighted by atomic mass is 15.3. The summed E-state index contributed by atoms with van der Waals surface area (Å²) in [5.74, 6) is 1.03. The summed E-state index contributed by atoms with van der Waals surface area (Å²) in [7, 11) is 0. The molecule has 19 heavy (non-hydrogen) atoms. The second-order valence-electron chi connectivity index (χ2n) is 4.68. The van der Waals surface area contributed by atoms with E-state index in [0.717, 1.165) is 37.7 Å². The molecule has 0 aliphatic rings. The molecular formula is C15H22N4. The van der Waals surface area contributed by atoms with Gasteiger partial charge < -0.3 is 15.2 Å².